The second-order valence-electron chi connectivity index (χ2n) is 14.9. The number of alkyl carbamates (subject to hydrolysis) is 1. The second-order valence-corrected chi connectivity index (χ2v) is 16.9. The number of hydrogen-bond acceptors (Lipinski definition) is 7. The van der Waals surface area contributed by atoms with Gasteiger partial charge in [0.05, 0.1) is 17.6 Å². The summed E-state index contributed by atoms with van der Waals surface area (Å²) in [4.78, 5) is 33.3. The molecule has 5 fully saturated rings. The van der Waals surface area contributed by atoms with Crippen LogP contribution in [0.2, 0.25) is 0 Å². The lowest BCUT2D eigenvalue weighted by Crippen LogP contribution is -2.67. The molecule has 2 aliphatic heterocycles. The van der Waals surface area contributed by atoms with Crippen molar-refractivity contribution in [3.05, 3.63) is 84.4 Å². The normalized spacial score (nSPS) is 27.5. The highest BCUT2D eigenvalue weighted by atomic mass is 32.2. The summed E-state index contributed by atoms with van der Waals surface area (Å²) < 4.78 is 31.0. The first-order valence-electron chi connectivity index (χ1n) is 17.9. The zero-order valence-electron chi connectivity index (χ0n) is 28.5. The molecule has 4 bridgehead atoms. The predicted molar refractivity (Wildman–Crippen MR) is 194 cm³/mol. The van der Waals surface area contributed by atoms with Crippen LogP contribution in [0.1, 0.15) is 37.7 Å². The summed E-state index contributed by atoms with van der Waals surface area (Å²) in [5, 5.41) is 6.76. The lowest BCUT2D eigenvalue weighted by atomic mass is 9.51. The van der Waals surface area contributed by atoms with Crippen LogP contribution in [0.4, 0.5) is 32.3 Å². The van der Waals surface area contributed by atoms with Crippen LogP contribution in [0.5, 0.6) is 0 Å². The van der Waals surface area contributed by atoms with Gasteiger partial charge in [0.25, 0.3) is 0 Å². The molecule has 0 radical (unpaired) electrons. The van der Waals surface area contributed by atoms with Crippen molar-refractivity contribution < 1.29 is 22.7 Å². The third kappa shape index (κ3) is 6.51. The molecule has 0 spiro atoms. The van der Waals surface area contributed by atoms with Crippen molar-refractivity contribution in [1.29, 1.82) is 0 Å². The van der Waals surface area contributed by atoms with Crippen LogP contribution in [0, 0.1) is 17.8 Å². The van der Waals surface area contributed by atoms with E-state index in [1.165, 1.54) is 10.6 Å². The van der Waals surface area contributed by atoms with Crippen molar-refractivity contribution in [2.24, 2.45) is 17.8 Å². The zero-order chi connectivity index (χ0) is 34.5. The van der Waals surface area contributed by atoms with Crippen molar-refractivity contribution in [2.75, 3.05) is 60.2 Å². The van der Waals surface area contributed by atoms with Crippen LogP contribution in [-0.2, 0) is 21.4 Å². The first kappa shape index (κ1) is 32.9. The molecule has 11 nitrogen and oxygen atoms in total. The molecular formula is C38H46N6O5S. The summed E-state index contributed by atoms with van der Waals surface area (Å²) in [7, 11) is -3.17. The smallest absolute Gasteiger partial charge is 0.407 e. The minimum absolute atomic E-state index is 0.0533. The minimum Gasteiger partial charge on any atom is -0.445 e. The Balaban J connectivity index is 0.906. The van der Waals surface area contributed by atoms with E-state index in [0.29, 0.717) is 57.0 Å². The molecule has 0 aromatic heterocycles. The lowest BCUT2D eigenvalue weighted by molar-refractivity contribution is -0.0419. The van der Waals surface area contributed by atoms with Gasteiger partial charge in [0, 0.05) is 62.2 Å². The quantitative estimate of drug-likeness (QED) is 0.344. The first-order valence-corrected chi connectivity index (χ1v) is 19.7. The fourth-order valence-electron chi connectivity index (χ4n) is 9.57. The summed E-state index contributed by atoms with van der Waals surface area (Å²) in [6.07, 6.45) is 5.78. The number of nitrogens with one attached hydrogen (secondary N) is 2. The fraction of sp³-hybridized carbons (Fsp3) is 0.474. The van der Waals surface area contributed by atoms with E-state index in [0.717, 1.165) is 60.4 Å². The number of amides is 3. The Labute approximate surface area is 294 Å². The Morgan fingerprint density at radius 1 is 0.780 bits per heavy atom. The maximum atomic E-state index is 14.0. The van der Waals surface area contributed by atoms with Crippen LogP contribution >= 0.6 is 0 Å². The molecule has 9 rings (SSSR count). The molecule has 2 heterocycles. The van der Waals surface area contributed by atoms with Gasteiger partial charge in [-0.3, -0.25) is 4.90 Å². The van der Waals surface area contributed by atoms with Crippen LogP contribution in [0.15, 0.2) is 78.9 Å². The number of sulfonamides is 1. The number of nitrogens with zero attached hydrogens (tertiary/aromatic N) is 4. The van der Waals surface area contributed by atoms with Crippen molar-refractivity contribution in [1.82, 2.24) is 14.9 Å². The number of carbonyl (C=O) groups is 2. The van der Waals surface area contributed by atoms with Crippen LogP contribution in [0.3, 0.4) is 0 Å². The number of urea groups is 1. The molecule has 12 heteroatoms. The largest absolute Gasteiger partial charge is 0.445 e. The summed E-state index contributed by atoms with van der Waals surface area (Å²) in [6.45, 7) is 3.77. The molecule has 3 aromatic rings. The minimum atomic E-state index is -3.17. The van der Waals surface area contributed by atoms with Gasteiger partial charge in [-0.1, -0.05) is 42.5 Å². The average Bonchev–Trinajstić information content (AvgIpc) is 3.11. The molecule has 2 unspecified atom stereocenters. The van der Waals surface area contributed by atoms with Crippen LogP contribution in [0.25, 0.3) is 0 Å². The third-order valence-electron chi connectivity index (χ3n) is 11.6. The standard InChI is InChI=1S/C38H46N6O5S/c1-50(47,48)42-17-15-41(16-18-42)31-11-13-32(14-12-31)43-19-20-44(34-10-6-5-9-33(34)43)36(45)39-35-29-21-28-22-30(35)25-38(23-28,24-29)40-37(46)49-26-27-7-3-2-4-8-27/h2-14,28-30,35H,15-26H2,1H3,(H,39,45)(H,40,46). The van der Waals surface area contributed by atoms with Crippen molar-refractivity contribution in [3.8, 4) is 0 Å². The predicted octanol–water partition coefficient (Wildman–Crippen LogP) is 5.31. The summed E-state index contributed by atoms with van der Waals surface area (Å²) in [5.74, 6) is 1.20. The number of rotatable bonds is 7. The van der Waals surface area contributed by atoms with Gasteiger partial charge < -0.3 is 25.2 Å². The van der Waals surface area contributed by atoms with E-state index in [4.69, 9.17) is 4.74 Å². The maximum absolute atomic E-state index is 14.0. The summed E-state index contributed by atoms with van der Waals surface area (Å²) >= 11 is 0. The maximum Gasteiger partial charge on any atom is 0.407 e. The van der Waals surface area contributed by atoms with Gasteiger partial charge in [-0.2, -0.15) is 4.31 Å². The van der Waals surface area contributed by atoms with Crippen LogP contribution < -0.4 is 25.3 Å². The lowest BCUT2D eigenvalue weighted by Gasteiger charge is -2.60. The van der Waals surface area contributed by atoms with Gasteiger partial charge >= 0.3 is 12.1 Å². The Morgan fingerprint density at radius 2 is 1.42 bits per heavy atom. The Kier molecular flexibility index (Phi) is 8.63. The van der Waals surface area contributed by atoms with Gasteiger partial charge in [-0.25, -0.2) is 18.0 Å². The number of fused-ring (bicyclic) bond motifs is 1. The molecule has 1 saturated heterocycles. The van der Waals surface area contributed by atoms with Crippen molar-refractivity contribution in [2.45, 2.75) is 50.3 Å². The zero-order valence-corrected chi connectivity index (χ0v) is 29.4. The van der Waals surface area contributed by atoms with Gasteiger partial charge in [-0.15, -0.1) is 0 Å². The summed E-state index contributed by atoms with van der Waals surface area (Å²) in [5.41, 5.74) is 4.72. The molecule has 6 aliphatic rings. The molecule has 4 saturated carbocycles. The van der Waals surface area contributed by atoms with E-state index in [1.54, 1.807) is 0 Å². The van der Waals surface area contributed by atoms with E-state index in [2.05, 4.69) is 50.8 Å². The van der Waals surface area contributed by atoms with Crippen LogP contribution in [-0.4, -0.2) is 82.0 Å². The Bertz CT molecular complexity index is 1820. The van der Waals surface area contributed by atoms with Gasteiger partial charge in [0.2, 0.25) is 10.0 Å². The molecule has 3 amide bonds. The number of ether oxygens (including phenoxy) is 1. The SMILES string of the molecule is CS(=O)(=O)N1CCN(c2ccc(N3CCN(C(=O)NC4C5CC6CC4CC(NC(=O)OCc4ccccc4)(C6)C5)c4ccccc43)cc2)CC1. The number of para-hydroxylation sites is 2. The van der Waals surface area contributed by atoms with Gasteiger partial charge in [0.15, 0.2) is 0 Å². The molecular weight excluding hydrogens is 653 g/mol. The van der Waals surface area contributed by atoms with Gasteiger partial charge in [0.1, 0.15) is 6.61 Å². The highest BCUT2D eigenvalue weighted by Crippen LogP contribution is 2.56. The molecule has 50 heavy (non-hydrogen) atoms. The third-order valence-corrected chi connectivity index (χ3v) is 12.9. The second kappa shape index (κ2) is 13.1. The number of benzene rings is 3. The van der Waals surface area contributed by atoms with E-state index < -0.39 is 10.0 Å². The Hall–Kier alpha value is -4.29. The van der Waals surface area contributed by atoms with E-state index in [-0.39, 0.29) is 30.3 Å². The number of anilines is 4. The Morgan fingerprint density at radius 3 is 2.10 bits per heavy atom. The topological polar surface area (TPSA) is 115 Å². The average molecular weight is 699 g/mol. The summed E-state index contributed by atoms with van der Waals surface area (Å²) in [6, 6.07) is 26.3. The van der Waals surface area contributed by atoms with E-state index >= 15 is 0 Å². The number of piperazine rings is 1. The first-order chi connectivity index (χ1) is 24.1. The van der Waals surface area contributed by atoms with Crippen molar-refractivity contribution >= 4 is 44.9 Å². The molecule has 4 aliphatic carbocycles. The van der Waals surface area contributed by atoms with E-state index in [1.807, 2.05) is 53.4 Å². The number of hydrogen-bond donors (Lipinski definition) is 2. The highest BCUT2D eigenvalue weighted by molar-refractivity contribution is 7.88. The van der Waals surface area contributed by atoms with Gasteiger partial charge in [-0.05, 0) is 91.8 Å². The molecule has 264 valence electrons. The highest BCUT2D eigenvalue weighted by Gasteiger charge is 2.56. The van der Waals surface area contributed by atoms with Crippen molar-refractivity contribution in [3.63, 3.8) is 0 Å². The molecule has 3 aromatic carbocycles. The number of carbonyl (C=O) groups excluding carboxylic acids is 2. The molecule has 2 atom stereocenters. The monoisotopic (exact) mass is 698 g/mol. The molecule has 2 N–H and O–H groups in total. The fourth-order valence-corrected chi connectivity index (χ4v) is 10.4. The van der Waals surface area contributed by atoms with E-state index in [9.17, 15) is 18.0 Å².